The monoisotopic (exact) mass is 272 g/mol. The summed E-state index contributed by atoms with van der Waals surface area (Å²) in [6, 6.07) is 0. The lowest BCUT2D eigenvalue weighted by Gasteiger charge is -2.54. The maximum Gasteiger partial charge on any atom is 0.155 e. The van der Waals surface area contributed by atoms with E-state index in [9.17, 15) is 9.59 Å². The van der Waals surface area contributed by atoms with E-state index in [1.807, 2.05) is 6.08 Å². The fraction of sp³-hybridized carbons (Fsp3) is 0.778. The summed E-state index contributed by atoms with van der Waals surface area (Å²) in [4.78, 5) is 23.8. The Morgan fingerprint density at radius 1 is 1.00 bits per heavy atom. The average Bonchev–Trinajstić information content (AvgIpc) is 2.82. The van der Waals surface area contributed by atoms with Gasteiger partial charge in [-0.05, 0) is 67.8 Å². The van der Waals surface area contributed by atoms with E-state index in [4.69, 9.17) is 0 Å². The van der Waals surface area contributed by atoms with Crippen LogP contribution in [-0.2, 0) is 9.59 Å². The molecule has 3 saturated carbocycles. The molecule has 0 unspecified atom stereocenters. The Labute approximate surface area is 121 Å². The Hall–Kier alpha value is -0.920. The van der Waals surface area contributed by atoms with Crippen molar-refractivity contribution in [3.05, 3.63) is 11.6 Å². The zero-order valence-corrected chi connectivity index (χ0v) is 12.4. The highest BCUT2D eigenvalue weighted by Gasteiger charge is 2.54. The summed E-state index contributed by atoms with van der Waals surface area (Å²) < 4.78 is 0. The van der Waals surface area contributed by atoms with E-state index in [-0.39, 0.29) is 5.41 Å². The number of fused-ring (bicyclic) bond motifs is 5. The van der Waals surface area contributed by atoms with Crippen molar-refractivity contribution in [1.82, 2.24) is 0 Å². The molecule has 0 aromatic rings. The van der Waals surface area contributed by atoms with Crippen LogP contribution in [-0.4, -0.2) is 11.6 Å². The molecule has 0 saturated heterocycles. The van der Waals surface area contributed by atoms with Crippen LogP contribution in [0.3, 0.4) is 0 Å². The van der Waals surface area contributed by atoms with Crippen LogP contribution in [0.4, 0.5) is 0 Å². The molecule has 0 aliphatic heterocycles. The molecule has 4 aliphatic carbocycles. The quantitative estimate of drug-likeness (QED) is 0.674. The van der Waals surface area contributed by atoms with E-state index in [2.05, 4.69) is 6.92 Å². The molecule has 0 amide bonds. The van der Waals surface area contributed by atoms with Crippen LogP contribution in [0.25, 0.3) is 0 Å². The molecule has 0 bridgehead atoms. The highest BCUT2D eigenvalue weighted by Crippen LogP contribution is 2.61. The molecule has 108 valence electrons. The van der Waals surface area contributed by atoms with Crippen LogP contribution in [0.15, 0.2) is 11.6 Å². The van der Waals surface area contributed by atoms with Gasteiger partial charge in [-0.1, -0.05) is 12.5 Å². The number of carbonyl (C=O) groups is 2. The average molecular weight is 272 g/mol. The Morgan fingerprint density at radius 3 is 2.65 bits per heavy atom. The van der Waals surface area contributed by atoms with Gasteiger partial charge in [0.05, 0.1) is 0 Å². The van der Waals surface area contributed by atoms with Gasteiger partial charge in [-0.3, -0.25) is 9.59 Å². The number of carbonyl (C=O) groups excluding carboxylic acids is 2. The van der Waals surface area contributed by atoms with Gasteiger partial charge in [0.25, 0.3) is 0 Å². The molecule has 3 fully saturated rings. The van der Waals surface area contributed by atoms with Gasteiger partial charge in [-0.2, -0.15) is 0 Å². The van der Waals surface area contributed by atoms with E-state index in [1.54, 1.807) is 0 Å². The van der Waals surface area contributed by atoms with E-state index < -0.39 is 0 Å². The van der Waals surface area contributed by atoms with E-state index in [0.29, 0.717) is 23.4 Å². The standard InChI is InChI=1S/C18H24O2/c1-18-9-8-12(19)10-11(18)2-3-14-13-5-7-17(20)15(13)4-6-16(14)18/h10,13-16H,2-9H2,1H3/t13-,14-,15-,16-,18-/m0/s1. The third kappa shape index (κ3) is 1.63. The lowest BCUT2D eigenvalue weighted by Crippen LogP contribution is -2.47. The van der Waals surface area contributed by atoms with Crippen molar-refractivity contribution in [1.29, 1.82) is 0 Å². The second-order valence-electron chi connectivity index (χ2n) is 7.72. The van der Waals surface area contributed by atoms with Gasteiger partial charge >= 0.3 is 0 Å². The lowest BCUT2D eigenvalue weighted by atomic mass is 9.50. The first kappa shape index (κ1) is 12.8. The molecule has 5 atom stereocenters. The van der Waals surface area contributed by atoms with Crippen molar-refractivity contribution in [2.45, 2.75) is 58.3 Å². The Bertz CT molecular complexity index is 504. The number of hydrogen-bond acceptors (Lipinski definition) is 2. The molecule has 0 aromatic carbocycles. The molecule has 20 heavy (non-hydrogen) atoms. The minimum Gasteiger partial charge on any atom is -0.299 e. The smallest absolute Gasteiger partial charge is 0.155 e. The van der Waals surface area contributed by atoms with Gasteiger partial charge < -0.3 is 0 Å². The molecule has 0 radical (unpaired) electrons. The van der Waals surface area contributed by atoms with Crippen LogP contribution >= 0.6 is 0 Å². The largest absolute Gasteiger partial charge is 0.299 e. The van der Waals surface area contributed by atoms with Crippen molar-refractivity contribution in [2.24, 2.45) is 29.1 Å². The zero-order chi connectivity index (χ0) is 13.9. The molecule has 2 nitrogen and oxygen atoms in total. The number of rotatable bonds is 0. The summed E-state index contributed by atoms with van der Waals surface area (Å²) in [5.74, 6) is 3.39. The summed E-state index contributed by atoms with van der Waals surface area (Å²) in [7, 11) is 0. The number of hydrogen-bond donors (Lipinski definition) is 0. The third-order valence-electron chi connectivity index (χ3n) is 7.03. The maximum atomic E-state index is 12.0. The molecule has 0 heterocycles. The maximum absolute atomic E-state index is 12.0. The zero-order valence-electron chi connectivity index (χ0n) is 12.4. The summed E-state index contributed by atoms with van der Waals surface area (Å²) in [5, 5.41) is 0. The molecule has 0 aromatic heterocycles. The van der Waals surface area contributed by atoms with E-state index >= 15 is 0 Å². The third-order valence-corrected chi connectivity index (χ3v) is 7.03. The number of Topliss-reactive ketones (excluding diaryl/α,β-unsaturated/α-hetero) is 1. The summed E-state index contributed by atoms with van der Waals surface area (Å²) in [5.41, 5.74) is 1.69. The fourth-order valence-corrected chi connectivity index (χ4v) is 5.98. The molecular weight excluding hydrogens is 248 g/mol. The summed E-state index contributed by atoms with van der Waals surface area (Å²) in [6.45, 7) is 2.40. The van der Waals surface area contributed by atoms with Gasteiger partial charge in [-0.15, -0.1) is 0 Å². The van der Waals surface area contributed by atoms with E-state index in [1.165, 1.54) is 18.4 Å². The first-order valence-electron chi connectivity index (χ1n) is 8.36. The van der Waals surface area contributed by atoms with Gasteiger partial charge in [0, 0.05) is 18.8 Å². The normalized spacial score (nSPS) is 47.4. The topological polar surface area (TPSA) is 34.1 Å². The van der Waals surface area contributed by atoms with Crippen molar-refractivity contribution in [3.63, 3.8) is 0 Å². The van der Waals surface area contributed by atoms with Crippen molar-refractivity contribution in [2.75, 3.05) is 0 Å². The first-order chi connectivity index (χ1) is 9.59. The molecule has 4 aliphatic rings. The van der Waals surface area contributed by atoms with E-state index in [0.717, 1.165) is 50.4 Å². The van der Waals surface area contributed by atoms with Gasteiger partial charge in [0.15, 0.2) is 5.78 Å². The minimum absolute atomic E-state index is 0.257. The van der Waals surface area contributed by atoms with Crippen molar-refractivity contribution < 1.29 is 9.59 Å². The van der Waals surface area contributed by atoms with Crippen LogP contribution in [0.2, 0.25) is 0 Å². The first-order valence-corrected chi connectivity index (χ1v) is 8.36. The highest BCUT2D eigenvalue weighted by molar-refractivity contribution is 5.91. The predicted molar refractivity (Wildman–Crippen MR) is 77.1 cm³/mol. The van der Waals surface area contributed by atoms with Gasteiger partial charge in [0.2, 0.25) is 0 Å². The second-order valence-corrected chi connectivity index (χ2v) is 7.72. The molecule has 0 N–H and O–H groups in total. The van der Waals surface area contributed by atoms with Crippen molar-refractivity contribution in [3.8, 4) is 0 Å². The van der Waals surface area contributed by atoms with Gasteiger partial charge in [0.1, 0.15) is 5.78 Å². The van der Waals surface area contributed by atoms with Crippen LogP contribution in [0.1, 0.15) is 58.3 Å². The Balaban J connectivity index is 1.68. The SMILES string of the molecule is C[C@]12CCC(=O)C=C1CC[C@H]1[C@@H]3CCC(=O)[C@H]3CC[C@@H]12. The molecule has 2 heteroatoms. The van der Waals surface area contributed by atoms with Crippen LogP contribution in [0.5, 0.6) is 0 Å². The Kier molecular flexibility index (Phi) is 2.74. The second kappa shape index (κ2) is 4.29. The summed E-state index contributed by atoms with van der Waals surface area (Å²) >= 11 is 0. The molecular formula is C18H24O2. The summed E-state index contributed by atoms with van der Waals surface area (Å²) in [6.07, 6.45) is 10.3. The Morgan fingerprint density at radius 2 is 1.80 bits per heavy atom. The van der Waals surface area contributed by atoms with Crippen molar-refractivity contribution >= 4 is 11.6 Å². The number of allylic oxidation sites excluding steroid dienone is 1. The molecule has 4 rings (SSSR count). The molecule has 0 spiro atoms. The lowest BCUT2D eigenvalue weighted by molar-refractivity contribution is -0.124. The van der Waals surface area contributed by atoms with Crippen LogP contribution < -0.4 is 0 Å². The predicted octanol–water partition coefficient (Wildman–Crippen LogP) is 3.70. The fourth-order valence-electron chi connectivity index (χ4n) is 5.98. The minimum atomic E-state index is 0.257. The van der Waals surface area contributed by atoms with Gasteiger partial charge in [-0.25, -0.2) is 0 Å². The number of ketones is 2. The highest BCUT2D eigenvalue weighted by atomic mass is 16.1. The van der Waals surface area contributed by atoms with Crippen LogP contribution in [0, 0.1) is 29.1 Å².